The number of amides is 1. The Hall–Kier alpha value is -0.820. The average molecular weight is 419 g/mol. The first kappa shape index (κ1) is 19.9. The van der Waals surface area contributed by atoms with Crippen LogP contribution in [-0.2, 0) is 14.8 Å². The molecule has 3 rings (SSSR count). The van der Waals surface area contributed by atoms with E-state index in [0.717, 1.165) is 38.5 Å². The van der Waals surface area contributed by atoms with Crippen LogP contribution in [0.1, 0.15) is 44.9 Å². The highest BCUT2D eigenvalue weighted by atomic mass is 35.5. The first-order chi connectivity index (χ1) is 12.4. The molecule has 0 aromatic heterocycles. The first-order valence-electron chi connectivity index (χ1n) is 9.13. The van der Waals surface area contributed by atoms with E-state index in [9.17, 15) is 13.2 Å². The number of carbonyl (C=O) groups is 1. The van der Waals surface area contributed by atoms with Gasteiger partial charge in [0, 0.05) is 25.0 Å². The highest BCUT2D eigenvalue weighted by molar-refractivity contribution is 7.89. The fourth-order valence-corrected chi connectivity index (χ4v) is 5.66. The maximum absolute atomic E-state index is 12.9. The lowest BCUT2D eigenvalue weighted by Gasteiger charge is -2.33. The van der Waals surface area contributed by atoms with E-state index in [2.05, 4.69) is 5.32 Å². The Morgan fingerprint density at radius 3 is 2.46 bits per heavy atom. The third kappa shape index (κ3) is 4.53. The zero-order valence-corrected chi connectivity index (χ0v) is 16.9. The van der Waals surface area contributed by atoms with Crippen molar-refractivity contribution in [2.24, 2.45) is 5.92 Å². The number of hydrogen-bond donors (Lipinski definition) is 1. The Morgan fingerprint density at radius 2 is 1.77 bits per heavy atom. The maximum atomic E-state index is 12.9. The van der Waals surface area contributed by atoms with Crippen LogP contribution < -0.4 is 5.32 Å². The predicted octanol–water partition coefficient (Wildman–Crippen LogP) is 3.84. The largest absolute Gasteiger partial charge is 0.352 e. The first-order valence-corrected chi connectivity index (χ1v) is 11.3. The van der Waals surface area contributed by atoms with Crippen molar-refractivity contribution in [1.82, 2.24) is 9.62 Å². The molecule has 0 radical (unpaired) electrons. The number of carbonyl (C=O) groups excluding carboxylic acids is 1. The summed E-state index contributed by atoms with van der Waals surface area (Å²) in [7, 11) is -3.66. The SMILES string of the molecule is O=C(N[C@H]1CCCN(S(=O)(=O)c2ccc(Cl)c(Cl)c2)C1)C1CCCCC1. The Labute approximate surface area is 165 Å². The fraction of sp³-hybridized carbons (Fsp3) is 0.611. The lowest BCUT2D eigenvalue weighted by atomic mass is 9.88. The molecule has 1 saturated heterocycles. The topological polar surface area (TPSA) is 66.5 Å². The van der Waals surface area contributed by atoms with Crippen LogP contribution in [0, 0.1) is 5.92 Å². The lowest BCUT2D eigenvalue weighted by Crippen LogP contribution is -2.50. The van der Waals surface area contributed by atoms with Gasteiger partial charge in [0.15, 0.2) is 0 Å². The van der Waals surface area contributed by atoms with Crippen LogP contribution in [0.25, 0.3) is 0 Å². The second-order valence-electron chi connectivity index (χ2n) is 7.12. The van der Waals surface area contributed by atoms with Crippen LogP contribution >= 0.6 is 23.2 Å². The highest BCUT2D eigenvalue weighted by Crippen LogP contribution is 2.28. The zero-order valence-electron chi connectivity index (χ0n) is 14.6. The molecule has 1 atom stereocenters. The minimum absolute atomic E-state index is 0.0727. The Balaban J connectivity index is 1.67. The van der Waals surface area contributed by atoms with Gasteiger partial charge in [-0.05, 0) is 43.9 Å². The van der Waals surface area contributed by atoms with E-state index < -0.39 is 10.0 Å². The Kier molecular flexibility index (Phi) is 6.49. The van der Waals surface area contributed by atoms with Gasteiger partial charge in [0.05, 0.1) is 14.9 Å². The second-order valence-corrected chi connectivity index (χ2v) is 9.87. The quantitative estimate of drug-likeness (QED) is 0.807. The molecule has 1 amide bonds. The number of halogens is 2. The monoisotopic (exact) mass is 418 g/mol. The summed E-state index contributed by atoms with van der Waals surface area (Å²) < 4.78 is 27.2. The van der Waals surface area contributed by atoms with Crippen LogP contribution in [0.5, 0.6) is 0 Å². The molecule has 144 valence electrons. The summed E-state index contributed by atoms with van der Waals surface area (Å²) in [5.41, 5.74) is 0. The summed E-state index contributed by atoms with van der Waals surface area (Å²) in [6, 6.07) is 4.19. The molecule has 0 spiro atoms. The van der Waals surface area contributed by atoms with Gasteiger partial charge < -0.3 is 5.32 Å². The molecular weight excluding hydrogens is 395 g/mol. The summed E-state index contributed by atoms with van der Waals surface area (Å²) in [5.74, 6) is 0.147. The van der Waals surface area contributed by atoms with Crippen molar-refractivity contribution in [2.75, 3.05) is 13.1 Å². The zero-order chi connectivity index (χ0) is 18.7. The molecule has 2 fully saturated rings. The van der Waals surface area contributed by atoms with Crippen molar-refractivity contribution in [2.45, 2.75) is 55.9 Å². The molecule has 1 heterocycles. The highest BCUT2D eigenvalue weighted by Gasteiger charge is 2.32. The van der Waals surface area contributed by atoms with E-state index in [4.69, 9.17) is 23.2 Å². The molecular formula is C18H24Cl2N2O3S. The average Bonchev–Trinajstić information content (AvgIpc) is 2.65. The molecule has 1 aromatic rings. The number of nitrogens with zero attached hydrogens (tertiary/aromatic N) is 1. The van der Waals surface area contributed by atoms with Crippen molar-refractivity contribution in [3.05, 3.63) is 28.2 Å². The van der Waals surface area contributed by atoms with Crippen molar-refractivity contribution in [3.63, 3.8) is 0 Å². The molecule has 1 aromatic carbocycles. The van der Waals surface area contributed by atoms with Crippen LogP contribution in [-0.4, -0.2) is 37.8 Å². The number of rotatable bonds is 4. The molecule has 26 heavy (non-hydrogen) atoms. The van der Waals surface area contributed by atoms with Crippen LogP contribution in [0.2, 0.25) is 10.0 Å². The maximum Gasteiger partial charge on any atom is 0.243 e. The molecule has 1 aliphatic carbocycles. The molecule has 5 nitrogen and oxygen atoms in total. The standard InChI is InChI=1S/C18H24Cl2N2O3S/c19-16-9-8-15(11-17(16)20)26(24,25)22-10-4-7-14(12-22)21-18(23)13-5-2-1-3-6-13/h8-9,11,13-14H,1-7,10,12H2,(H,21,23)/t14-/m0/s1. The minimum Gasteiger partial charge on any atom is -0.352 e. The third-order valence-electron chi connectivity index (χ3n) is 5.24. The molecule has 0 unspecified atom stereocenters. The smallest absolute Gasteiger partial charge is 0.243 e. The lowest BCUT2D eigenvalue weighted by molar-refractivity contribution is -0.126. The van der Waals surface area contributed by atoms with Gasteiger partial charge >= 0.3 is 0 Å². The van der Waals surface area contributed by atoms with Crippen molar-refractivity contribution in [3.8, 4) is 0 Å². The van der Waals surface area contributed by atoms with Gasteiger partial charge in [-0.2, -0.15) is 4.31 Å². The fourth-order valence-electron chi connectivity index (χ4n) is 3.75. The number of hydrogen-bond acceptors (Lipinski definition) is 3. The molecule has 0 bridgehead atoms. The summed E-state index contributed by atoms with van der Waals surface area (Å²) >= 11 is 11.9. The minimum atomic E-state index is -3.66. The summed E-state index contributed by atoms with van der Waals surface area (Å²) in [6.07, 6.45) is 6.78. The van der Waals surface area contributed by atoms with E-state index in [1.165, 1.54) is 28.9 Å². The van der Waals surface area contributed by atoms with Crippen LogP contribution in [0.3, 0.4) is 0 Å². The predicted molar refractivity (Wildman–Crippen MR) is 103 cm³/mol. The van der Waals surface area contributed by atoms with Gasteiger partial charge in [0.25, 0.3) is 0 Å². The Morgan fingerprint density at radius 1 is 1.04 bits per heavy atom. The van der Waals surface area contributed by atoms with Crippen LogP contribution in [0.4, 0.5) is 0 Å². The van der Waals surface area contributed by atoms with Crippen molar-refractivity contribution < 1.29 is 13.2 Å². The van der Waals surface area contributed by atoms with E-state index in [1.54, 1.807) is 0 Å². The van der Waals surface area contributed by atoms with Crippen molar-refractivity contribution >= 4 is 39.1 Å². The summed E-state index contributed by atoms with van der Waals surface area (Å²) in [5, 5.41) is 3.61. The second kappa shape index (κ2) is 8.46. The van der Waals surface area contributed by atoms with Crippen molar-refractivity contribution in [1.29, 1.82) is 0 Å². The van der Waals surface area contributed by atoms with E-state index in [0.29, 0.717) is 18.1 Å². The van der Waals surface area contributed by atoms with Gasteiger partial charge in [0.2, 0.25) is 15.9 Å². The molecule has 1 aliphatic heterocycles. The normalized spacial score (nSPS) is 22.9. The molecule has 1 N–H and O–H groups in total. The van der Waals surface area contributed by atoms with Gasteiger partial charge in [-0.1, -0.05) is 42.5 Å². The van der Waals surface area contributed by atoms with Gasteiger partial charge in [-0.25, -0.2) is 8.42 Å². The van der Waals surface area contributed by atoms with Gasteiger partial charge in [-0.15, -0.1) is 0 Å². The number of piperidine rings is 1. The summed E-state index contributed by atoms with van der Waals surface area (Å²) in [4.78, 5) is 12.6. The number of sulfonamides is 1. The van der Waals surface area contributed by atoms with E-state index in [-0.39, 0.29) is 27.8 Å². The van der Waals surface area contributed by atoms with Gasteiger partial charge in [-0.3, -0.25) is 4.79 Å². The number of nitrogens with one attached hydrogen (secondary N) is 1. The van der Waals surface area contributed by atoms with E-state index >= 15 is 0 Å². The molecule has 8 heteroatoms. The Bertz CT molecular complexity index is 764. The van der Waals surface area contributed by atoms with Gasteiger partial charge in [0.1, 0.15) is 0 Å². The number of benzene rings is 1. The molecule has 1 saturated carbocycles. The van der Waals surface area contributed by atoms with Crippen LogP contribution in [0.15, 0.2) is 23.1 Å². The molecule has 2 aliphatic rings. The van der Waals surface area contributed by atoms with E-state index in [1.807, 2.05) is 0 Å². The third-order valence-corrected chi connectivity index (χ3v) is 7.84. The summed E-state index contributed by atoms with van der Waals surface area (Å²) in [6.45, 7) is 0.736.